The second-order valence-corrected chi connectivity index (χ2v) is 7.08. The van der Waals surface area contributed by atoms with Crippen molar-refractivity contribution in [3.05, 3.63) is 21.8 Å². The van der Waals surface area contributed by atoms with Gasteiger partial charge >= 0.3 is 0 Å². The zero-order valence-corrected chi connectivity index (χ0v) is 11.6. The van der Waals surface area contributed by atoms with Crippen LogP contribution in [0.4, 0.5) is 0 Å². The molecular formula is C9H10IN3O2S. The summed E-state index contributed by atoms with van der Waals surface area (Å²) < 4.78 is 24.8. The first kappa shape index (κ1) is 11.8. The molecule has 0 N–H and O–H groups in total. The molecule has 1 heterocycles. The van der Waals surface area contributed by atoms with E-state index in [-0.39, 0.29) is 5.75 Å². The molecule has 0 spiro atoms. The third kappa shape index (κ3) is 2.70. The summed E-state index contributed by atoms with van der Waals surface area (Å²) in [6.45, 7) is 0.343. The van der Waals surface area contributed by atoms with Gasteiger partial charge in [0.05, 0.1) is 17.8 Å². The Morgan fingerprint density at radius 3 is 2.88 bits per heavy atom. The lowest BCUT2D eigenvalue weighted by molar-refractivity contribution is 0.585. The highest BCUT2D eigenvalue weighted by Gasteiger charge is 2.07. The average molecular weight is 351 g/mol. The Kier molecular flexibility index (Phi) is 3.15. The van der Waals surface area contributed by atoms with Crippen LogP contribution in [0.5, 0.6) is 0 Å². The highest BCUT2D eigenvalue weighted by Crippen LogP contribution is 2.14. The van der Waals surface area contributed by atoms with Gasteiger partial charge in [0.15, 0.2) is 0 Å². The first-order valence-corrected chi connectivity index (χ1v) is 7.76. The number of aryl methyl sites for hydroxylation is 1. The Balaban J connectivity index is 2.32. The normalized spacial score (nSPS) is 12.1. The largest absolute Gasteiger partial charge is 0.244 e. The maximum atomic E-state index is 11.1. The van der Waals surface area contributed by atoms with Crippen LogP contribution in [-0.4, -0.2) is 35.4 Å². The lowest BCUT2D eigenvalue weighted by Crippen LogP contribution is -2.12. The number of sulfone groups is 1. The van der Waals surface area contributed by atoms with Crippen LogP contribution in [0, 0.1) is 3.57 Å². The van der Waals surface area contributed by atoms with Crippen LogP contribution >= 0.6 is 22.6 Å². The smallest absolute Gasteiger partial charge is 0.149 e. The van der Waals surface area contributed by atoms with Crippen molar-refractivity contribution in [3.8, 4) is 0 Å². The second-order valence-electron chi connectivity index (χ2n) is 3.58. The zero-order chi connectivity index (χ0) is 11.8. The highest BCUT2D eigenvalue weighted by atomic mass is 127. The summed E-state index contributed by atoms with van der Waals surface area (Å²) in [5.74, 6) is 0.0808. The van der Waals surface area contributed by atoms with Crippen molar-refractivity contribution >= 4 is 43.5 Å². The van der Waals surface area contributed by atoms with Gasteiger partial charge in [0.2, 0.25) is 0 Å². The number of rotatable bonds is 3. The standard InChI is InChI=1S/C9H10IN3O2S/c1-16(14,15)5-4-13-9-3-2-7(10)6-8(9)11-12-13/h2-3,6H,4-5H2,1H3. The molecule has 7 heteroatoms. The van der Waals surface area contributed by atoms with Gasteiger partial charge in [-0.05, 0) is 40.8 Å². The lowest BCUT2D eigenvalue weighted by atomic mass is 10.3. The molecule has 0 saturated heterocycles. The molecule has 1 aromatic carbocycles. The van der Waals surface area contributed by atoms with E-state index in [9.17, 15) is 8.42 Å². The predicted molar refractivity (Wildman–Crippen MR) is 70.0 cm³/mol. The molecule has 0 fully saturated rings. The van der Waals surface area contributed by atoms with Crippen molar-refractivity contribution in [2.75, 3.05) is 12.0 Å². The number of hydrogen-bond acceptors (Lipinski definition) is 4. The molecule has 2 rings (SSSR count). The third-order valence-corrected chi connectivity index (χ3v) is 3.74. The van der Waals surface area contributed by atoms with Crippen LogP contribution in [0.1, 0.15) is 0 Å². The molecule has 0 atom stereocenters. The quantitative estimate of drug-likeness (QED) is 0.777. The van der Waals surface area contributed by atoms with E-state index < -0.39 is 9.84 Å². The van der Waals surface area contributed by atoms with Crippen molar-refractivity contribution < 1.29 is 8.42 Å². The highest BCUT2D eigenvalue weighted by molar-refractivity contribution is 14.1. The summed E-state index contributed by atoms with van der Waals surface area (Å²) in [5, 5.41) is 7.93. The van der Waals surface area contributed by atoms with Gasteiger partial charge in [-0.15, -0.1) is 5.10 Å². The SMILES string of the molecule is CS(=O)(=O)CCn1nnc2cc(I)ccc21. The first-order valence-electron chi connectivity index (χ1n) is 4.62. The molecule has 16 heavy (non-hydrogen) atoms. The van der Waals surface area contributed by atoms with Gasteiger partial charge < -0.3 is 0 Å². The summed E-state index contributed by atoms with van der Waals surface area (Å²) in [6, 6.07) is 5.77. The molecule has 0 aliphatic carbocycles. The minimum Gasteiger partial charge on any atom is -0.244 e. The Hall–Kier alpha value is -0.700. The molecule has 0 bridgehead atoms. The van der Waals surface area contributed by atoms with Crippen LogP contribution in [0.3, 0.4) is 0 Å². The second kappa shape index (κ2) is 4.28. The van der Waals surface area contributed by atoms with Crippen LogP contribution < -0.4 is 0 Å². The zero-order valence-electron chi connectivity index (χ0n) is 8.59. The maximum Gasteiger partial charge on any atom is 0.149 e. The Morgan fingerprint density at radius 2 is 2.19 bits per heavy atom. The monoisotopic (exact) mass is 351 g/mol. The Bertz CT molecular complexity index is 621. The van der Waals surface area contributed by atoms with Gasteiger partial charge in [0.25, 0.3) is 0 Å². The molecule has 0 radical (unpaired) electrons. The van der Waals surface area contributed by atoms with E-state index in [0.29, 0.717) is 6.54 Å². The molecule has 1 aromatic heterocycles. The van der Waals surface area contributed by atoms with Gasteiger partial charge in [-0.25, -0.2) is 13.1 Å². The fraction of sp³-hybridized carbons (Fsp3) is 0.333. The van der Waals surface area contributed by atoms with Gasteiger partial charge in [-0.1, -0.05) is 5.21 Å². The van der Waals surface area contributed by atoms with Gasteiger partial charge in [-0.2, -0.15) is 0 Å². The lowest BCUT2D eigenvalue weighted by Gasteiger charge is -2.00. The molecule has 5 nitrogen and oxygen atoms in total. The summed E-state index contributed by atoms with van der Waals surface area (Å²) in [4.78, 5) is 0. The minimum absolute atomic E-state index is 0.0808. The molecule has 0 saturated carbocycles. The third-order valence-electron chi connectivity index (χ3n) is 2.15. The van der Waals surface area contributed by atoms with Crippen molar-refractivity contribution in [2.24, 2.45) is 0 Å². The maximum absolute atomic E-state index is 11.1. The number of aromatic nitrogens is 3. The topological polar surface area (TPSA) is 64.8 Å². The molecule has 0 amide bonds. The number of fused-ring (bicyclic) bond motifs is 1. The minimum atomic E-state index is -2.97. The van der Waals surface area contributed by atoms with Gasteiger partial charge in [0, 0.05) is 9.83 Å². The van der Waals surface area contributed by atoms with E-state index in [1.165, 1.54) is 6.26 Å². The molecule has 0 unspecified atom stereocenters. The summed E-state index contributed by atoms with van der Waals surface area (Å²) >= 11 is 2.20. The average Bonchev–Trinajstić information content (AvgIpc) is 2.56. The van der Waals surface area contributed by atoms with Crippen molar-refractivity contribution in [2.45, 2.75) is 6.54 Å². The van der Waals surface area contributed by atoms with Crippen LogP contribution in [0.2, 0.25) is 0 Å². The number of halogens is 1. The van der Waals surface area contributed by atoms with E-state index in [4.69, 9.17) is 0 Å². The Morgan fingerprint density at radius 1 is 1.44 bits per heavy atom. The van der Waals surface area contributed by atoms with Crippen LogP contribution in [0.25, 0.3) is 11.0 Å². The van der Waals surface area contributed by atoms with Crippen LogP contribution in [-0.2, 0) is 16.4 Å². The number of hydrogen-bond donors (Lipinski definition) is 0. The summed E-state index contributed by atoms with van der Waals surface area (Å²) in [7, 11) is -2.97. The fourth-order valence-electron chi connectivity index (χ4n) is 1.36. The molecule has 0 aliphatic rings. The predicted octanol–water partition coefficient (Wildman–Crippen LogP) is 1.08. The van der Waals surface area contributed by atoms with Gasteiger partial charge in [0.1, 0.15) is 15.4 Å². The molecule has 86 valence electrons. The summed E-state index contributed by atoms with van der Waals surface area (Å²) in [6.07, 6.45) is 1.22. The number of benzene rings is 1. The van der Waals surface area contributed by atoms with Crippen molar-refractivity contribution in [1.29, 1.82) is 0 Å². The van der Waals surface area contributed by atoms with E-state index in [0.717, 1.165) is 14.6 Å². The first-order chi connectivity index (χ1) is 7.46. The number of nitrogens with zero attached hydrogens (tertiary/aromatic N) is 3. The summed E-state index contributed by atoms with van der Waals surface area (Å²) in [5.41, 5.74) is 1.66. The van der Waals surface area contributed by atoms with Crippen LogP contribution in [0.15, 0.2) is 18.2 Å². The van der Waals surface area contributed by atoms with E-state index in [1.54, 1.807) is 4.68 Å². The molecular weight excluding hydrogens is 341 g/mol. The molecule has 0 aliphatic heterocycles. The van der Waals surface area contributed by atoms with E-state index >= 15 is 0 Å². The molecule has 2 aromatic rings. The van der Waals surface area contributed by atoms with Gasteiger partial charge in [-0.3, -0.25) is 0 Å². The van der Waals surface area contributed by atoms with E-state index in [2.05, 4.69) is 32.9 Å². The fourth-order valence-corrected chi connectivity index (χ4v) is 2.34. The Labute approximate surface area is 107 Å². The van der Waals surface area contributed by atoms with Crippen molar-refractivity contribution in [3.63, 3.8) is 0 Å². The van der Waals surface area contributed by atoms with Crippen molar-refractivity contribution in [1.82, 2.24) is 15.0 Å². The van der Waals surface area contributed by atoms with E-state index in [1.807, 2.05) is 18.2 Å².